The second-order valence-corrected chi connectivity index (χ2v) is 11.6. The van der Waals surface area contributed by atoms with E-state index in [9.17, 15) is 13.2 Å². The first-order valence-corrected chi connectivity index (χ1v) is 16.6. The molecule has 0 radical (unpaired) electrons. The van der Waals surface area contributed by atoms with Crippen LogP contribution in [0.3, 0.4) is 0 Å². The zero-order valence-corrected chi connectivity index (χ0v) is 27.5. The maximum Gasteiger partial charge on any atom is 0.297 e. The molecule has 0 fully saturated rings. The number of azo groups is 1. The van der Waals surface area contributed by atoms with Gasteiger partial charge in [0.05, 0.1) is 62.5 Å². The van der Waals surface area contributed by atoms with E-state index in [1.807, 2.05) is 43.0 Å². The fraction of sp³-hybridized carbons (Fsp3) is 0.406. The lowest BCUT2D eigenvalue weighted by atomic mass is 10.2. The summed E-state index contributed by atoms with van der Waals surface area (Å²) in [5.74, 6) is -0.222. The molecule has 0 atom stereocenters. The van der Waals surface area contributed by atoms with E-state index in [-0.39, 0.29) is 17.4 Å². The molecule has 3 rings (SSSR count). The Hall–Kier alpha value is -4.37. The summed E-state index contributed by atoms with van der Waals surface area (Å²) in [6, 6.07) is 20.8. The summed E-state index contributed by atoms with van der Waals surface area (Å²) >= 11 is 0. The van der Waals surface area contributed by atoms with Gasteiger partial charge in [0.25, 0.3) is 16.0 Å². The molecule has 252 valence electrons. The highest BCUT2D eigenvalue weighted by molar-refractivity contribution is 7.86. The number of hydrogen-bond acceptors (Lipinski definition) is 11. The lowest BCUT2D eigenvalue weighted by Crippen LogP contribution is -2.28. The van der Waals surface area contributed by atoms with E-state index in [0.717, 1.165) is 11.3 Å². The van der Waals surface area contributed by atoms with Gasteiger partial charge in [-0.25, -0.2) is 0 Å². The van der Waals surface area contributed by atoms with Crippen LogP contribution in [0.2, 0.25) is 0 Å². The van der Waals surface area contributed by atoms with Crippen molar-refractivity contribution in [2.45, 2.75) is 18.7 Å². The molecular weight excluding hydrogens is 626 g/mol. The van der Waals surface area contributed by atoms with Crippen LogP contribution in [0.25, 0.3) is 10.4 Å². The molecule has 3 aromatic rings. The van der Waals surface area contributed by atoms with Gasteiger partial charge in [0, 0.05) is 42.3 Å². The molecule has 0 saturated heterocycles. The number of hydrogen-bond donors (Lipinski definition) is 1. The molecule has 15 heteroatoms. The van der Waals surface area contributed by atoms with Gasteiger partial charge in [0.1, 0.15) is 0 Å². The molecule has 0 aromatic heterocycles. The van der Waals surface area contributed by atoms with Crippen molar-refractivity contribution in [3.63, 3.8) is 0 Å². The molecule has 14 nitrogen and oxygen atoms in total. The molecule has 3 aromatic carbocycles. The fourth-order valence-electron chi connectivity index (χ4n) is 4.06. The molecule has 0 aliphatic carbocycles. The minimum Gasteiger partial charge on any atom is -0.379 e. The molecule has 0 aliphatic rings. The summed E-state index contributed by atoms with van der Waals surface area (Å²) in [7, 11) is -3.82. The van der Waals surface area contributed by atoms with Gasteiger partial charge in [-0.05, 0) is 80.0 Å². The van der Waals surface area contributed by atoms with Crippen molar-refractivity contribution < 1.29 is 31.6 Å². The summed E-state index contributed by atoms with van der Waals surface area (Å²) < 4.78 is 46.2. The molecule has 47 heavy (non-hydrogen) atoms. The van der Waals surface area contributed by atoms with Crippen molar-refractivity contribution >= 4 is 33.1 Å². The van der Waals surface area contributed by atoms with Gasteiger partial charge >= 0.3 is 0 Å². The molecule has 0 heterocycles. The SMILES string of the molecule is CCN(CCOS(=O)(=O)c1ccc(C)cc1)c1ccc(/N=N/c2ccc(C(=O)NCCOCCOCCOCCN=[N+]=[N-])cc2)cc1. The van der Waals surface area contributed by atoms with E-state index in [0.29, 0.717) is 82.8 Å². The standard InChI is InChI=1S/C32H41N7O7S/c1-3-39(18-21-46-47(41,42)31-14-4-26(2)5-15-31)30-12-10-29(11-13-30)37-36-28-8-6-27(7-9-28)32(40)34-16-19-43-22-24-45-25-23-44-20-17-35-38-33/h4-15H,3,16-25H2,1-2H3,(H,34,40)/b37-36+. The highest BCUT2D eigenvalue weighted by Crippen LogP contribution is 2.23. The van der Waals surface area contributed by atoms with Gasteiger partial charge in [-0.3, -0.25) is 8.98 Å². The number of rotatable bonds is 22. The van der Waals surface area contributed by atoms with Crippen LogP contribution in [0.4, 0.5) is 17.1 Å². The maximum atomic E-state index is 12.5. The van der Waals surface area contributed by atoms with Crippen LogP contribution < -0.4 is 10.2 Å². The number of carbonyl (C=O) groups excluding carboxylic acids is 1. The third kappa shape index (κ3) is 13.9. The van der Waals surface area contributed by atoms with Gasteiger partial charge < -0.3 is 24.4 Å². The molecule has 0 unspecified atom stereocenters. The van der Waals surface area contributed by atoms with Crippen LogP contribution in [0.5, 0.6) is 0 Å². The Morgan fingerprint density at radius 2 is 1.38 bits per heavy atom. The summed E-state index contributed by atoms with van der Waals surface area (Å²) in [6.07, 6.45) is 0. The predicted molar refractivity (Wildman–Crippen MR) is 178 cm³/mol. The van der Waals surface area contributed by atoms with Gasteiger partial charge in [0.2, 0.25) is 0 Å². The molecule has 0 aliphatic heterocycles. The average molecular weight is 668 g/mol. The van der Waals surface area contributed by atoms with E-state index >= 15 is 0 Å². The first kappa shape index (κ1) is 37.1. The molecular formula is C32H41N7O7S. The number of likely N-dealkylation sites (N-methyl/N-ethyl adjacent to an activating group) is 1. The number of nitrogens with one attached hydrogen (secondary N) is 1. The third-order valence-electron chi connectivity index (χ3n) is 6.59. The lowest BCUT2D eigenvalue weighted by Gasteiger charge is -2.22. The Bertz CT molecular complexity index is 1550. The monoisotopic (exact) mass is 667 g/mol. The first-order chi connectivity index (χ1) is 22.8. The fourth-order valence-corrected chi connectivity index (χ4v) is 4.96. The third-order valence-corrected chi connectivity index (χ3v) is 7.92. The van der Waals surface area contributed by atoms with Crippen molar-refractivity contribution in [2.75, 3.05) is 77.3 Å². The number of nitrogens with zero attached hydrogens (tertiary/aromatic N) is 6. The summed E-state index contributed by atoms with van der Waals surface area (Å²) in [5, 5.41) is 14.7. The number of anilines is 1. The van der Waals surface area contributed by atoms with Gasteiger partial charge in [0.15, 0.2) is 0 Å². The smallest absolute Gasteiger partial charge is 0.297 e. The molecule has 0 bridgehead atoms. The van der Waals surface area contributed by atoms with Crippen LogP contribution in [0.15, 0.2) is 93.0 Å². The summed E-state index contributed by atoms with van der Waals surface area (Å²) in [6.45, 7) is 7.93. The average Bonchev–Trinajstić information content (AvgIpc) is 3.08. The second-order valence-electron chi connectivity index (χ2n) is 9.98. The van der Waals surface area contributed by atoms with Gasteiger partial charge in [-0.2, -0.15) is 18.6 Å². The molecule has 0 saturated carbocycles. The van der Waals surface area contributed by atoms with E-state index in [1.165, 1.54) is 0 Å². The van der Waals surface area contributed by atoms with Gasteiger partial charge in [-0.15, -0.1) is 0 Å². The van der Waals surface area contributed by atoms with Crippen LogP contribution in [-0.4, -0.2) is 86.8 Å². The van der Waals surface area contributed by atoms with Crippen molar-refractivity contribution in [3.05, 3.63) is 94.4 Å². The van der Waals surface area contributed by atoms with E-state index < -0.39 is 10.1 Å². The molecule has 1 amide bonds. The van der Waals surface area contributed by atoms with Crippen molar-refractivity contribution in [1.29, 1.82) is 0 Å². The highest BCUT2D eigenvalue weighted by Gasteiger charge is 2.15. The Labute approximate surface area is 275 Å². The lowest BCUT2D eigenvalue weighted by molar-refractivity contribution is 0.0166. The van der Waals surface area contributed by atoms with Crippen molar-refractivity contribution in [2.24, 2.45) is 15.3 Å². The van der Waals surface area contributed by atoms with Crippen LogP contribution in [0.1, 0.15) is 22.8 Å². The Morgan fingerprint density at radius 3 is 1.98 bits per heavy atom. The Balaban J connectivity index is 1.34. The number of ether oxygens (including phenoxy) is 3. The number of aryl methyl sites for hydroxylation is 1. The number of amides is 1. The molecule has 0 spiro atoms. The first-order valence-electron chi connectivity index (χ1n) is 15.2. The van der Waals surface area contributed by atoms with E-state index in [4.69, 9.17) is 23.9 Å². The summed E-state index contributed by atoms with van der Waals surface area (Å²) in [4.78, 5) is 17.2. The zero-order valence-electron chi connectivity index (χ0n) is 26.7. The number of benzene rings is 3. The predicted octanol–water partition coefficient (Wildman–Crippen LogP) is 5.73. The van der Waals surface area contributed by atoms with E-state index in [2.05, 4.69) is 25.6 Å². The largest absolute Gasteiger partial charge is 0.379 e. The van der Waals surface area contributed by atoms with Crippen LogP contribution in [-0.2, 0) is 28.5 Å². The van der Waals surface area contributed by atoms with Gasteiger partial charge in [-0.1, -0.05) is 22.8 Å². The van der Waals surface area contributed by atoms with Crippen molar-refractivity contribution in [1.82, 2.24) is 5.32 Å². The van der Waals surface area contributed by atoms with Crippen LogP contribution >= 0.6 is 0 Å². The topological polar surface area (TPSA) is 177 Å². The minimum absolute atomic E-state index is 0.0177. The maximum absolute atomic E-state index is 12.5. The second kappa shape index (κ2) is 20.7. The molecule has 1 N–H and O–H groups in total. The zero-order chi connectivity index (χ0) is 33.7. The number of carbonyl (C=O) groups is 1. The Morgan fingerprint density at radius 1 is 0.809 bits per heavy atom. The van der Waals surface area contributed by atoms with E-state index in [1.54, 1.807) is 48.5 Å². The van der Waals surface area contributed by atoms with Crippen molar-refractivity contribution in [3.8, 4) is 0 Å². The Kier molecular flexibility index (Phi) is 16.3. The minimum atomic E-state index is -3.82. The highest BCUT2D eigenvalue weighted by atomic mass is 32.2. The quantitative estimate of drug-likeness (QED) is 0.0464. The van der Waals surface area contributed by atoms with Crippen LogP contribution in [0, 0.1) is 6.92 Å². The summed E-state index contributed by atoms with van der Waals surface area (Å²) in [5.41, 5.74) is 11.8. The number of azide groups is 1. The normalized spacial score (nSPS) is 11.4.